The molecule has 6 heteroatoms. The van der Waals surface area contributed by atoms with Gasteiger partial charge in [-0.05, 0) is 109 Å². The van der Waals surface area contributed by atoms with Gasteiger partial charge in [0.05, 0.1) is 0 Å². The van der Waals surface area contributed by atoms with Gasteiger partial charge in [-0.15, -0.1) is 0 Å². The maximum Gasteiger partial charge on any atom is 0.306 e. The van der Waals surface area contributed by atoms with Gasteiger partial charge < -0.3 is 14.2 Å². The van der Waals surface area contributed by atoms with Crippen LogP contribution in [0.2, 0.25) is 0 Å². The van der Waals surface area contributed by atoms with Gasteiger partial charge in [0.1, 0.15) is 13.2 Å². The summed E-state index contributed by atoms with van der Waals surface area (Å²) < 4.78 is 16.9. The molecule has 0 aromatic carbocycles. The lowest BCUT2D eigenvalue weighted by molar-refractivity contribution is -0.167. The van der Waals surface area contributed by atoms with Crippen LogP contribution in [0.1, 0.15) is 297 Å². The fourth-order valence-electron chi connectivity index (χ4n) is 8.75. The number of esters is 3. The van der Waals surface area contributed by atoms with Gasteiger partial charge in [0.15, 0.2) is 6.10 Å². The van der Waals surface area contributed by atoms with Crippen LogP contribution in [-0.4, -0.2) is 37.2 Å². The van der Waals surface area contributed by atoms with E-state index in [1.807, 2.05) is 0 Å². The number of hydrogen-bond acceptors (Lipinski definition) is 6. The fraction of sp³-hybridized carbons (Fsp3) is 0.700. The molecule has 0 fully saturated rings. The molecule has 0 saturated heterocycles. The van der Waals surface area contributed by atoms with Crippen LogP contribution < -0.4 is 0 Å². The van der Waals surface area contributed by atoms with Crippen LogP contribution in [0, 0.1) is 0 Å². The zero-order valence-electron chi connectivity index (χ0n) is 49.7. The van der Waals surface area contributed by atoms with Crippen LogP contribution in [0.3, 0.4) is 0 Å². The van der Waals surface area contributed by atoms with E-state index in [2.05, 4.69) is 130 Å². The lowest BCUT2D eigenvalue weighted by atomic mass is 10.0. The Morgan fingerprint density at radius 1 is 0.276 bits per heavy atom. The van der Waals surface area contributed by atoms with E-state index in [1.54, 1.807) is 0 Å². The molecule has 0 heterocycles. The SMILES string of the molecule is CC/C=C\C/C=C\C/C=C\C/C=C\C/C=C\C/C=C\C/C=C\CCCCCC(=O)OCC(COC(=O)CCCCCCCCCCCC)OC(=O)CCCCCCCCCCCCC/C=C\C/C=C\CCCCCCC. The average molecular weight is 1060 g/mol. The molecule has 1 atom stereocenters. The summed E-state index contributed by atoms with van der Waals surface area (Å²) in [4.78, 5) is 38.2. The highest BCUT2D eigenvalue weighted by Gasteiger charge is 2.19. The van der Waals surface area contributed by atoms with Crippen molar-refractivity contribution in [3.05, 3.63) is 109 Å². The number of unbranched alkanes of at least 4 members (excludes halogenated alkanes) is 28. The standard InChI is InChI=1S/C70H118O6/c1-4-7-10-13-16-19-22-24-26-28-30-32-34-35-37-38-40-42-44-46-48-51-54-57-60-63-69(72)75-66-67(65-74-68(71)62-59-56-53-50-21-18-15-12-9-6-3)76-70(73)64-61-58-55-52-49-47-45-43-41-39-36-33-31-29-27-25-23-20-17-14-11-8-5-2/h7,10,16,19,23-26,29-32,35,37,40,42,46,48,67H,4-6,8-9,11-15,17-18,20-22,27-28,33-34,36,38-39,41,43-45,47,49-66H2,1-3H3/b10-7-,19-16-,25-23-,26-24-,31-29-,32-30-,37-35-,42-40-,48-46-. The maximum atomic E-state index is 12.9. The summed E-state index contributed by atoms with van der Waals surface area (Å²) in [6.07, 6.45) is 86.7. The van der Waals surface area contributed by atoms with E-state index >= 15 is 0 Å². The van der Waals surface area contributed by atoms with Gasteiger partial charge in [-0.2, -0.15) is 0 Å². The summed E-state index contributed by atoms with van der Waals surface area (Å²) >= 11 is 0. The summed E-state index contributed by atoms with van der Waals surface area (Å²) in [5.74, 6) is -0.920. The second-order valence-electron chi connectivity index (χ2n) is 20.9. The van der Waals surface area contributed by atoms with Crippen molar-refractivity contribution in [1.29, 1.82) is 0 Å². The third-order valence-corrected chi connectivity index (χ3v) is 13.5. The molecular weight excluding hydrogens is 937 g/mol. The van der Waals surface area contributed by atoms with Crippen molar-refractivity contribution in [3.63, 3.8) is 0 Å². The Kier molecular flexibility index (Phi) is 60.3. The topological polar surface area (TPSA) is 78.9 Å². The Labute approximate surface area is 470 Å². The number of rotatable bonds is 57. The predicted molar refractivity (Wildman–Crippen MR) is 330 cm³/mol. The van der Waals surface area contributed by atoms with Gasteiger partial charge >= 0.3 is 17.9 Å². The average Bonchev–Trinajstić information content (AvgIpc) is 3.42. The first-order valence-electron chi connectivity index (χ1n) is 31.9. The molecule has 0 spiro atoms. The van der Waals surface area contributed by atoms with E-state index in [0.29, 0.717) is 19.3 Å². The fourth-order valence-corrected chi connectivity index (χ4v) is 8.75. The summed E-state index contributed by atoms with van der Waals surface area (Å²) in [7, 11) is 0. The number of carbonyl (C=O) groups excluding carboxylic acids is 3. The Morgan fingerprint density at radius 2 is 0.513 bits per heavy atom. The highest BCUT2D eigenvalue weighted by Crippen LogP contribution is 2.16. The first-order chi connectivity index (χ1) is 37.5. The number of carbonyl (C=O) groups is 3. The van der Waals surface area contributed by atoms with Crippen molar-refractivity contribution >= 4 is 17.9 Å². The van der Waals surface area contributed by atoms with E-state index in [-0.39, 0.29) is 31.1 Å². The molecule has 0 rings (SSSR count). The second kappa shape index (κ2) is 63.6. The number of ether oxygens (including phenoxy) is 3. The highest BCUT2D eigenvalue weighted by atomic mass is 16.6. The van der Waals surface area contributed by atoms with Gasteiger partial charge in [0.2, 0.25) is 0 Å². The zero-order chi connectivity index (χ0) is 55.0. The molecule has 0 aromatic rings. The highest BCUT2D eigenvalue weighted by molar-refractivity contribution is 5.71. The third kappa shape index (κ3) is 60.9. The van der Waals surface area contributed by atoms with Gasteiger partial charge in [-0.1, -0.05) is 278 Å². The molecule has 434 valence electrons. The van der Waals surface area contributed by atoms with Crippen LogP contribution in [0.4, 0.5) is 0 Å². The van der Waals surface area contributed by atoms with Crippen molar-refractivity contribution in [3.8, 4) is 0 Å². The van der Waals surface area contributed by atoms with Crippen LogP contribution in [0.15, 0.2) is 109 Å². The van der Waals surface area contributed by atoms with Crippen molar-refractivity contribution in [2.24, 2.45) is 0 Å². The van der Waals surface area contributed by atoms with Crippen molar-refractivity contribution in [2.45, 2.75) is 303 Å². The Balaban J connectivity index is 4.34. The number of hydrogen-bond donors (Lipinski definition) is 0. The first-order valence-corrected chi connectivity index (χ1v) is 31.9. The molecule has 0 aliphatic heterocycles. The van der Waals surface area contributed by atoms with E-state index in [4.69, 9.17) is 14.2 Å². The third-order valence-electron chi connectivity index (χ3n) is 13.5. The van der Waals surface area contributed by atoms with Crippen LogP contribution in [0.25, 0.3) is 0 Å². The Bertz CT molecular complexity index is 1540. The molecule has 0 saturated carbocycles. The van der Waals surface area contributed by atoms with E-state index in [1.165, 1.54) is 141 Å². The molecule has 1 unspecified atom stereocenters. The van der Waals surface area contributed by atoms with Crippen molar-refractivity contribution in [1.82, 2.24) is 0 Å². The Hall–Kier alpha value is -3.93. The molecule has 0 aliphatic carbocycles. The van der Waals surface area contributed by atoms with Gasteiger partial charge in [-0.25, -0.2) is 0 Å². The molecular formula is C70H118O6. The molecule has 6 nitrogen and oxygen atoms in total. The molecule has 0 radical (unpaired) electrons. The predicted octanol–water partition coefficient (Wildman–Crippen LogP) is 21.8. The summed E-state index contributed by atoms with van der Waals surface area (Å²) in [5, 5.41) is 0. The second-order valence-corrected chi connectivity index (χ2v) is 20.9. The van der Waals surface area contributed by atoms with E-state index < -0.39 is 6.10 Å². The summed E-state index contributed by atoms with van der Waals surface area (Å²) in [6, 6.07) is 0. The molecule has 0 amide bonds. The molecule has 0 bridgehead atoms. The largest absolute Gasteiger partial charge is 0.462 e. The minimum atomic E-state index is -0.794. The molecule has 0 N–H and O–H groups in total. The quantitative estimate of drug-likeness (QED) is 0.0261. The molecule has 0 aromatic heterocycles. The summed E-state index contributed by atoms with van der Waals surface area (Å²) in [6.45, 7) is 6.49. The van der Waals surface area contributed by atoms with Gasteiger partial charge in [-0.3, -0.25) is 14.4 Å². The maximum absolute atomic E-state index is 12.9. The lowest BCUT2D eigenvalue weighted by Gasteiger charge is -2.18. The Morgan fingerprint density at radius 3 is 0.816 bits per heavy atom. The summed E-state index contributed by atoms with van der Waals surface area (Å²) in [5.41, 5.74) is 0. The monoisotopic (exact) mass is 1050 g/mol. The van der Waals surface area contributed by atoms with Crippen molar-refractivity contribution < 1.29 is 28.6 Å². The lowest BCUT2D eigenvalue weighted by Crippen LogP contribution is -2.30. The smallest absolute Gasteiger partial charge is 0.306 e. The molecule has 0 aliphatic rings. The van der Waals surface area contributed by atoms with Crippen LogP contribution in [0.5, 0.6) is 0 Å². The number of allylic oxidation sites excluding steroid dienone is 18. The van der Waals surface area contributed by atoms with Crippen LogP contribution in [-0.2, 0) is 28.6 Å². The van der Waals surface area contributed by atoms with E-state index in [0.717, 1.165) is 116 Å². The minimum Gasteiger partial charge on any atom is -0.462 e. The minimum absolute atomic E-state index is 0.0885. The zero-order valence-corrected chi connectivity index (χ0v) is 49.7. The first kappa shape index (κ1) is 72.1. The van der Waals surface area contributed by atoms with Crippen LogP contribution >= 0.6 is 0 Å². The normalized spacial score (nSPS) is 12.8. The molecule has 76 heavy (non-hydrogen) atoms. The van der Waals surface area contributed by atoms with E-state index in [9.17, 15) is 14.4 Å². The van der Waals surface area contributed by atoms with Crippen molar-refractivity contribution in [2.75, 3.05) is 13.2 Å². The van der Waals surface area contributed by atoms with Gasteiger partial charge in [0.25, 0.3) is 0 Å². The van der Waals surface area contributed by atoms with Gasteiger partial charge in [0, 0.05) is 19.3 Å².